The molecule has 4 N–H and O–H groups in total. The van der Waals surface area contributed by atoms with Gasteiger partial charge in [-0.05, 0) is 19.1 Å². The number of carboxylic acids is 1. The summed E-state index contributed by atoms with van der Waals surface area (Å²) in [5, 5.41) is 22.1. The van der Waals surface area contributed by atoms with Crippen molar-refractivity contribution in [1.82, 2.24) is 10.6 Å². The summed E-state index contributed by atoms with van der Waals surface area (Å²) in [4.78, 5) is 21.8. The van der Waals surface area contributed by atoms with E-state index in [0.717, 1.165) is 12.8 Å². The standard InChI is InChI=1S/C9H16N2O4S/c1-16-9(2-3-9)5-10-8(15)11-6(4-12)7(13)14/h6,12H,2-5H2,1H3,(H,13,14)(H2,10,11,15). The molecule has 0 aliphatic heterocycles. The number of hydrogen-bond donors (Lipinski definition) is 4. The molecule has 0 saturated heterocycles. The first-order chi connectivity index (χ1) is 7.53. The molecule has 1 aliphatic rings. The maximum Gasteiger partial charge on any atom is 0.328 e. The smallest absolute Gasteiger partial charge is 0.328 e. The molecule has 0 aromatic heterocycles. The average Bonchev–Trinajstić information content (AvgIpc) is 3.03. The second kappa shape index (κ2) is 5.40. The molecule has 1 atom stereocenters. The van der Waals surface area contributed by atoms with Crippen molar-refractivity contribution in [3.63, 3.8) is 0 Å². The molecule has 0 aromatic rings. The normalized spacial score (nSPS) is 18.6. The lowest BCUT2D eigenvalue weighted by atomic mass is 10.3. The van der Waals surface area contributed by atoms with Crippen molar-refractivity contribution in [2.45, 2.75) is 23.6 Å². The largest absolute Gasteiger partial charge is 0.480 e. The molecule has 16 heavy (non-hydrogen) atoms. The Hall–Kier alpha value is -0.950. The minimum Gasteiger partial charge on any atom is -0.480 e. The summed E-state index contributed by atoms with van der Waals surface area (Å²) in [6.07, 6.45) is 4.12. The summed E-state index contributed by atoms with van der Waals surface area (Å²) in [5.74, 6) is -1.25. The molecule has 6 nitrogen and oxygen atoms in total. The van der Waals surface area contributed by atoms with E-state index >= 15 is 0 Å². The monoisotopic (exact) mass is 248 g/mol. The minimum absolute atomic E-state index is 0.134. The van der Waals surface area contributed by atoms with Crippen molar-refractivity contribution >= 4 is 23.8 Å². The zero-order valence-electron chi connectivity index (χ0n) is 9.02. The molecule has 1 aliphatic carbocycles. The van der Waals surface area contributed by atoms with Gasteiger partial charge >= 0.3 is 12.0 Å². The maximum atomic E-state index is 11.3. The summed E-state index contributed by atoms with van der Waals surface area (Å²) >= 11 is 1.70. The quantitative estimate of drug-likeness (QED) is 0.514. The van der Waals surface area contributed by atoms with E-state index in [1.807, 2.05) is 6.26 Å². The van der Waals surface area contributed by atoms with Crippen LogP contribution in [0.1, 0.15) is 12.8 Å². The fourth-order valence-electron chi connectivity index (χ4n) is 1.23. The van der Waals surface area contributed by atoms with Crippen LogP contribution < -0.4 is 10.6 Å². The first kappa shape index (κ1) is 13.1. The Bertz CT molecular complexity index is 281. The lowest BCUT2D eigenvalue weighted by Gasteiger charge is -2.16. The Morgan fingerprint density at radius 3 is 2.50 bits per heavy atom. The van der Waals surface area contributed by atoms with Gasteiger partial charge in [0.2, 0.25) is 0 Å². The Kier molecular flexibility index (Phi) is 4.43. The van der Waals surface area contributed by atoms with Gasteiger partial charge in [-0.3, -0.25) is 0 Å². The van der Waals surface area contributed by atoms with E-state index in [4.69, 9.17) is 10.2 Å². The Morgan fingerprint density at radius 1 is 1.50 bits per heavy atom. The summed E-state index contributed by atoms with van der Waals surface area (Å²) < 4.78 is 0.134. The van der Waals surface area contributed by atoms with Crippen LogP contribution >= 0.6 is 11.8 Å². The molecule has 1 unspecified atom stereocenters. The number of nitrogens with one attached hydrogen (secondary N) is 2. The zero-order valence-corrected chi connectivity index (χ0v) is 9.84. The molecule has 7 heteroatoms. The van der Waals surface area contributed by atoms with Crippen LogP contribution in [0.5, 0.6) is 0 Å². The Morgan fingerprint density at radius 2 is 2.12 bits per heavy atom. The van der Waals surface area contributed by atoms with Gasteiger partial charge in [0, 0.05) is 11.3 Å². The molecule has 1 rings (SSSR count). The van der Waals surface area contributed by atoms with Crippen molar-refractivity contribution in [2.24, 2.45) is 0 Å². The maximum absolute atomic E-state index is 11.3. The summed E-state index contributed by atoms with van der Waals surface area (Å²) in [7, 11) is 0. The predicted molar refractivity (Wildman–Crippen MR) is 60.5 cm³/mol. The zero-order chi connectivity index (χ0) is 12.2. The summed E-state index contributed by atoms with van der Waals surface area (Å²) in [6, 6.07) is -1.80. The van der Waals surface area contributed by atoms with Gasteiger partial charge in [0.15, 0.2) is 6.04 Å². The third-order valence-electron chi connectivity index (χ3n) is 2.60. The van der Waals surface area contributed by atoms with Crippen molar-refractivity contribution < 1.29 is 19.8 Å². The fraction of sp³-hybridized carbons (Fsp3) is 0.778. The third kappa shape index (κ3) is 3.57. The molecule has 2 amide bonds. The SMILES string of the molecule is CSC1(CNC(=O)NC(CO)C(=O)O)CC1. The van der Waals surface area contributed by atoms with Crippen LogP contribution in [0, 0.1) is 0 Å². The van der Waals surface area contributed by atoms with Gasteiger partial charge in [0.25, 0.3) is 0 Å². The van der Waals surface area contributed by atoms with Gasteiger partial charge in [-0.15, -0.1) is 0 Å². The van der Waals surface area contributed by atoms with Gasteiger partial charge in [0.05, 0.1) is 6.61 Å². The van der Waals surface area contributed by atoms with Crippen LogP contribution in [-0.2, 0) is 4.79 Å². The number of thioether (sulfide) groups is 1. The molecule has 92 valence electrons. The second-order valence-corrected chi connectivity index (χ2v) is 5.06. The van der Waals surface area contributed by atoms with E-state index in [9.17, 15) is 9.59 Å². The summed E-state index contributed by atoms with van der Waals surface area (Å²) in [5.41, 5.74) is 0. The first-order valence-corrected chi connectivity index (χ1v) is 6.19. The number of hydrogen-bond acceptors (Lipinski definition) is 4. The molecule has 1 fully saturated rings. The number of rotatable bonds is 6. The number of aliphatic hydroxyl groups excluding tert-OH is 1. The highest BCUT2D eigenvalue weighted by Gasteiger charge is 2.42. The average molecular weight is 248 g/mol. The number of urea groups is 1. The second-order valence-electron chi connectivity index (χ2n) is 3.79. The van der Waals surface area contributed by atoms with E-state index in [1.54, 1.807) is 11.8 Å². The molecule has 0 radical (unpaired) electrons. The number of carboxylic acid groups (broad SMARTS) is 1. The predicted octanol–water partition coefficient (Wildman–Crippen LogP) is -0.373. The Balaban J connectivity index is 2.27. The molecule has 0 aromatic carbocycles. The molecule has 0 bridgehead atoms. The highest BCUT2D eigenvalue weighted by atomic mass is 32.2. The minimum atomic E-state index is -1.25. The van der Waals surface area contributed by atoms with Crippen LogP contribution in [0.15, 0.2) is 0 Å². The fourth-order valence-corrected chi connectivity index (χ4v) is 1.96. The number of aliphatic hydroxyl groups is 1. The first-order valence-electron chi connectivity index (χ1n) is 4.96. The van der Waals surface area contributed by atoms with Gasteiger partial charge < -0.3 is 20.8 Å². The van der Waals surface area contributed by atoms with E-state index in [0.29, 0.717) is 6.54 Å². The number of carbonyl (C=O) groups excluding carboxylic acids is 1. The van der Waals surface area contributed by atoms with Crippen LogP contribution in [-0.4, -0.2) is 52.4 Å². The van der Waals surface area contributed by atoms with Crippen LogP contribution in [0.3, 0.4) is 0 Å². The highest BCUT2D eigenvalue weighted by Crippen LogP contribution is 2.46. The van der Waals surface area contributed by atoms with Crippen molar-refractivity contribution in [1.29, 1.82) is 0 Å². The van der Waals surface area contributed by atoms with Crippen molar-refractivity contribution in [3.8, 4) is 0 Å². The molecule has 0 heterocycles. The third-order valence-corrected chi connectivity index (χ3v) is 4.02. The molecular weight excluding hydrogens is 232 g/mol. The molecule has 1 saturated carbocycles. The van der Waals surface area contributed by atoms with Crippen LogP contribution in [0.2, 0.25) is 0 Å². The lowest BCUT2D eigenvalue weighted by molar-refractivity contribution is -0.140. The van der Waals surface area contributed by atoms with Crippen LogP contribution in [0.25, 0.3) is 0 Å². The Labute approximate surface area is 97.8 Å². The highest BCUT2D eigenvalue weighted by molar-refractivity contribution is 8.00. The van der Waals surface area contributed by atoms with Gasteiger partial charge in [-0.1, -0.05) is 0 Å². The number of aliphatic carboxylic acids is 1. The van der Waals surface area contributed by atoms with Crippen LogP contribution in [0.4, 0.5) is 4.79 Å². The van der Waals surface area contributed by atoms with E-state index < -0.39 is 24.6 Å². The topological polar surface area (TPSA) is 98.7 Å². The molecule has 0 spiro atoms. The van der Waals surface area contributed by atoms with E-state index in [2.05, 4.69) is 10.6 Å². The number of carbonyl (C=O) groups is 2. The van der Waals surface area contributed by atoms with Gasteiger partial charge in [-0.25, -0.2) is 9.59 Å². The van der Waals surface area contributed by atoms with E-state index in [-0.39, 0.29) is 4.75 Å². The van der Waals surface area contributed by atoms with Gasteiger partial charge in [0.1, 0.15) is 0 Å². The van der Waals surface area contributed by atoms with Crippen molar-refractivity contribution in [3.05, 3.63) is 0 Å². The van der Waals surface area contributed by atoms with Gasteiger partial charge in [-0.2, -0.15) is 11.8 Å². The van der Waals surface area contributed by atoms with Crippen molar-refractivity contribution in [2.75, 3.05) is 19.4 Å². The summed E-state index contributed by atoms with van der Waals surface area (Å²) in [6.45, 7) is -0.0891. The van der Waals surface area contributed by atoms with E-state index in [1.165, 1.54) is 0 Å². The molecular formula is C9H16N2O4S. The number of amides is 2. The lowest BCUT2D eigenvalue weighted by Crippen LogP contribution is -2.49.